The van der Waals surface area contributed by atoms with Crippen LogP contribution in [-0.4, -0.2) is 245 Å². The van der Waals surface area contributed by atoms with Gasteiger partial charge in [-0.05, 0) is 145 Å². The van der Waals surface area contributed by atoms with Gasteiger partial charge in [0.15, 0.2) is 0 Å². The number of thiophene rings is 4. The van der Waals surface area contributed by atoms with Gasteiger partial charge < -0.3 is 72.9 Å². The topological polar surface area (TPSA) is 485 Å². The van der Waals surface area contributed by atoms with E-state index in [1.807, 2.05) is 36.9 Å². The lowest BCUT2D eigenvalue weighted by molar-refractivity contribution is -0.137. The number of halogens is 5. The average molecular weight is 1960 g/mol. The number of cyclic esters (lactones) is 4. The fourth-order valence-electron chi connectivity index (χ4n) is 13.5. The van der Waals surface area contributed by atoms with E-state index >= 15 is 0 Å². The summed E-state index contributed by atoms with van der Waals surface area (Å²) < 4.78 is 10.9. The fraction of sp³-hybridized carbons (Fsp3) is 0.207. The zero-order chi connectivity index (χ0) is 94.0. The van der Waals surface area contributed by atoms with Crippen LogP contribution in [-0.2, 0) is 19.1 Å². The smallest absolute Gasteiger partial charge is 0.349 e. The molecule has 3 fully saturated rings. The monoisotopic (exact) mass is 1950 g/mol. The highest BCUT2D eigenvalue weighted by atomic mass is 35.5. The van der Waals surface area contributed by atoms with E-state index in [9.17, 15) is 67.1 Å². The van der Waals surface area contributed by atoms with E-state index in [2.05, 4.69) is 100 Å². The average Bonchev–Trinajstić information content (AvgIpc) is 1.63. The summed E-state index contributed by atoms with van der Waals surface area (Å²) in [7, 11) is 0. The Hall–Kier alpha value is -12.8. The minimum Gasteiger partial charge on any atom is -0.480 e. The number of hydrogen-bond donors (Lipinski definition) is 9. The Bertz CT molecular complexity index is 6030. The maximum Gasteiger partial charge on any atom is 0.349 e. The largest absolute Gasteiger partial charge is 0.480 e. The Balaban J connectivity index is 0.000000152. The zero-order valence-corrected chi connectivity index (χ0v) is 75.9. The van der Waals surface area contributed by atoms with Crippen molar-refractivity contribution in [3.63, 3.8) is 0 Å². The van der Waals surface area contributed by atoms with Gasteiger partial charge in [0, 0.05) is 165 Å². The number of aliphatic carboxylic acids is 2. The van der Waals surface area contributed by atoms with Gasteiger partial charge >= 0.3 is 35.8 Å². The number of ether oxygens (including phenoxy) is 2. The van der Waals surface area contributed by atoms with Crippen LogP contribution >= 0.6 is 103 Å². The number of carboxylic acids is 2. The van der Waals surface area contributed by atoms with Crippen molar-refractivity contribution in [1.82, 2.24) is 39.9 Å². The molecule has 7 aromatic heterocycles. The minimum absolute atomic E-state index is 0.0141. The molecule has 14 heterocycles. The number of nitrogens with zero attached hydrogens (tertiary/aromatic N) is 10. The number of anilines is 7. The molecule has 0 aliphatic carbocycles. The molecule has 0 atom stereocenters. The van der Waals surface area contributed by atoms with Crippen LogP contribution in [0.5, 0.6) is 0 Å². The highest BCUT2D eigenvalue weighted by Gasteiger charge is 2.41. The quantitative estimate of drug-likeness (QED) is 0.0127. The molecule has 0 spiro atoms. The lowest BCUT2D eigenvalue weighted by atomic mass is 10.1. The summed E-state index contributed by atoms with van der Waals surface area (Å²) >= 11 is 32.6. The number of piperazine rings is 3. The summed E-state index contributed by atoms with van der Waals surface area (Å²) in [5, 5.41) is 27.2. The maximum atomic E-state index is 13.2. The lowest BCUT2D eigenvalue weighted by Gasteiger charge is -2.36. The summed E-state index contributed by atoms with van der Waals surface area (Å²) in [4.78, 5) is 190. The number of nitrogens with one attached hydrogen (secondary N) is 4. The molecular weight excluding hydrogens is 1880 g/mol. The second-order valence-electron chi connectivity index (χ2n) is 28.1. The number of amides is 7. The highest BCUT2D eigenvalue weighted by Crippen LogP contribution is 2.35. The zero-order valence-electron chi connectivity index (χ0n) is 68.9. The van der Waals surface area contributed by atoms with Gasteiger partial charge in [-0.3, -0.25) is 82.5 Å². The van der Waals surface area contributed by atoms with E-state index in [1.54, 1.807) is 91.3 Å². The van der Waals surface area contributed by atoms with Gasteiger partial charge in [-0.15, -0.1) is 45.3 Å². The van der Waals surface area contributed by atoms with E-state index in [0.717, 1.165) is 131 Å². The van der Waals surface area contributed by atoms with Gasteiger partial charge in [0.25, 0.3) is 46.6 Å². The van der Waals surface area contributed by atoms with E-state index in [-0.39, 0.29) is 80.3 Å². The second kappa shape index (κ2) is 47.6. The van der Waals surface area contributed by atoms with Crippen LogP contribution < -0.4 is 53.2 Å². The van der Waals surface area contributed by atoms with Gasteiger partial charge in [-0.2, -0.15) is 0 Å². The third kappa shape index (κ3) is 26.7. The number of esters is 4. The maximum absolute atomic E-state index is 13.2. The molecule has 35 nitrogen and oxygen atoms in total. The number of hydrogen-bond acceptors (Lipinski definition) is 32. The van der Waals surface area contributed by atoms with Crippen LogP contribution in [0, 0.1) is 0 Å². The highest BCUT2D eigenvalue weighted by molar-refractivity contribution is 7.20. The van der Waals surface area contributed by atoms with Crippen LogP contribution in [0.4, 0.5) is 39.8 Å². The third-order valence-corrected chi connectivity index (χ3v) is 25.0. The first-order chi connectivity index (χ1) is 63.0. The van der Waals surface area contributed by atoms with Crippen molar-refractivity contribution < 1.29 is 86.8 Å². The van der Waals surface area contributed by atoms with E-state index < -0.39 is 71.2 Å². The molecule has 7 aliphatic rings. The van der Waals surface area contributed by atoms with E-state index in [0.29, 0.717) is 66.1 Å². The minimum atomic E-state index is -1.30. The van der Waals surface area contributed by atoms with Gasteiger partial charge in [0.2, 0.25) is 0 Å². The van der Waals surface area contributed by atoms with Crippen LogP contribution in [0.1, 0.15) is 122 Å². The van der Waals surface area contributed by atoms with Crippen LogP contribution in [0.3, 0.4) is 0 Å². The Labute approximate surface area is 788 Å². The molecule has 18 rings (SSSR count). The number of carbonyl (C=O) groups is 14. The molecule has 44 heteroatoms. The molecule has 7 amide bonds. The predicted octanol–water partition coefficient (Wildman–Crippen LogP) is 11.8. The molecule has 0 saturated carbocycles. The van der Waals surface area contributed by atoms with Crippen molar-refractivity contribution in [2.24, 2.45) is 11.5 Å². The standard InChI is InChI=1S/C24H22ClN5O3S.C15H9ClN2O5S.C13H6ClNO4S.C11H18N4.C9H13N3.C8H5NO3.C5H2Cl2OS.C2H5NO2/c25-20-5-4-19(34-20)22(31)27-18-3-1-2-17-21(18)24(33)30(23(17)32)15-12-28-10-13-29(14-11-28)16-6-8-26-9-7-16;16-10-5-4-9(24-10)13(21)17-8-3-1-2-7-12(8)15(23)18(14(7)22)6-11(19)20;14-9-5-4-8(20-9)11(16)15-7-3-1-2-6-10(7)13(18)19-12(6)17;12-3-6-14-7-9-15(10-8-14)11-1-4-13-5-2-11;1-3-10-4-2-9(1)12-7-5-11-6-8-12;9-5-3-1-2-4-6(5)8(11)12-7(4)10;6-4-2-1-3(9-4)5(7)8;3-1-2(4)5/h1-9H,10-15H2,(H,27,31);1-5H,6H2,(H,17,21)(H,19,20);1-5H,(H,15,16);1-2,4-5H,3,6-10,12H2;1-4,11H,5-8H2;1-3H,9H2;1-2H;1,3H2,(H,4,5). The second-order valence-corrected chi connectivity index (χ2v) is 35.3. The van der Waals surface area contributed by atoms with Gasteiger partial charge in [-0.25, -0.2) is 19.2 Å². The van der Waals surface area contributed by atoms with Crippen LogP contribution in [0.15, 0.2) is 195 Å². The normalized spacial score (nSPS) is 14.5. The number of nitrogen functional groups attached to an aromatic ring is 1. The van der Waals surface area contributed by atoms with Crippen molar-refractivity contribution in [1.29, 1.82) is 0 Å². The van der Waals surface area contributed by atoms with Crippen LogP contribution in [0.2, 0.25) is 17.3 Å². The molecule has 0 unspecified atom stereocenters. The van der Waals surface area contributed by atoms with Crippen molar-refractivity contribution in [3.05, 3.63) is 276 Å². The Morgan fingerprint density at radius 2 is 0.733 bits per heavy atom. The van der Waals surface area contributed by atoms with Crippen LogP contribution in [0.25, 0.3) is 0 Å². The molecule has 11 aromatic rings. The number of imide groups is 2. The number of fused-ring (bicyclic) bond motifs is 4. The number of carbonyl (C=O) groups excluding carboxylic acids is 12. The first-order valence-electron chi connectivity index (χ1n) is 39.6. The van der Waals surface area contributed by atoms with Gasteiger partial charge in [-0.1, -0.05) is 70.7 Å². The first kappa shape index (κ1) is 98.7. The summed E-state index contributed by atoms with van der Waals surface area (Å²) in [5.74, 6) is -8.42. The third-order valence-electron chi connectivity index (χ3n) is 19.8. The van der Waals surface area contributed by atoms with Crippen molar-refractivity contribution in [2.45, 2.75) is 0 Å². The SMILES string of the molecule is NCC(=O)O.NCCN1CCN(c2ccncc2)CC1.Nc1cccc2c1C(=O)OC2=O.O=C(Cl)c1ccc(Cl)s1.O=C(Nc1cccc2c1C(=O)N(CCN1CCN(c3ccncc3)CC1)C2=O)c1ccc(Cl)s1.O=C(Nc1cccc2c1C(=O)OC2=O)c1ccc(Cl)s1.O=C(O)CN1C(=O)c2cccc(NC(=O)c3ccc(Cl)s3)c2C1=O.c1cc(N2CCNCC2)ccn1. The summed E-state index contributed by atoms with van der Waals surface area (Å²) in [6, 6.07) is 43.6. The van der Waals surface area contributed by atoms with Gasteiger partial charge in [0.1, 0.15) is 6.54 Å². The Kier molecular flexibility index (Phi) is 35.9. The number of benzene rings is 4. The molecular formula is C87H80Cl5N17O18S4. The van der Waals surface area contributed by atoms with E-state index in [1.165, 1.54) is 70.1 Å². The van der Waals surface area contributed by atoms with Crippen molar-refractivity contribution in [2.75, 3.05) is 154 Å². The van der Waals surface area contributed by atoms with Gasteiger partial charge in [0.05, 0.1) is 105 Å². The fourth-order valence-corrected chi connectivity index (χ4v) is 17.4. The summed E-state index contributed by atoms with van der Waals surface area (Å²) in [5.41, 5.74) is 21.6. The van der Waals surface area contributed by atoms with Crippen molar-refractivity contribution in [3.8, 4) is 0 Å². The number of carboxylic acid groups (broad SMARTS) is 2. The Morgan fingerprint density at radius 3 is 1.09 bits per heavy atom. The van der Waals surface area contributed by atoms with E-state index in [4.69, 9.17) is 79.7 Å². The number of rotatable bonds is 18. The molecule has 4 aromatic carbocycles. The number of nitrogens with two attached hydrogens (primary N) is 3. The summed E-state index contributed by atoms with van der Waals surface area (Å²) in [6.07, 6.45) is 11.0. The number of aromatic nitrogens is 3. The molecule has 0 bridgehead atoms. The molecule has 3 saturated heterocycles. The first-order valence-corrected chi connectivity index (χ1v) is 44.8. The molecule has 12 N–H and O–H groups in total. The molecule has 680 valence electrons. The predicted molar refractivity (Wildman–Crippen MR) is 500 cm³/mol. The molecule has 131 heavy (non-hydrogen) atoms. The molecule has 7 aliphatic heterocycles. The van der Waals surface area contributed by atoms with Crippen molar-refractivity contribution >= 4 is 226 Å². The Morgan fingerprint density at radius 1 is 0.389 bits per heavy atom. The summed E-state index contributed by atoms with van der Waals surface area (Å²) in [6.45, 7) is 13.9. The molecule has 0 radical (unpaired) electrons. The lowest BCUT2D eigenvalue weighted by Crippen LogP contribution is -2.49. The number of pyridine rings is 3.